The summed E-state index contributed by atoms with van der Waals surface area (Å²) in [5, 5.41) is 13.2. The van der Waals surface area contributed by atoms with Gasteiger partial charge in [0.15, 0.2) is 0 Å². The quantitative estimate of drug-likeness (QED) is 0.754. The lowest BCUT2D eigenvalue weighted by Crippen LogP contribution is -2.52. The average molecular weight is 340 g/mol. The minimum Gasteiger partial charge on any atom is -0.444 e. The van der Waals surface area contributed by atoms with Crippen LogP contribution in [0.2, 0.25) is 0 Å². The van der Waals surface area contributed by atoms with Crippen LogP contribution >= 0.6 is 0 Å². The molecule has 1 aliphatic rings. The SMILES string of the molecule is CCC(=CC(=O)N1CCC(O)(CNC(=O)OC(C)(C)C)CC1)CC. The zero-order chi connectivity index (χ0) is 18.4. The summed E-state index contributed by atoms with van der Waals surface area (Å²) in [6, 6.07) is 0. The van der Waals surface area contributed by atoms with Crippen LogP contribution in [0.25, 0.3) is 0 Å². The molecule has 0 atom stereocenters. The Hall–Kier alpha value is -1.56. The number of amides is 2. The van der Waals surface area contributed by atoms with Gasteiger partial charge in [0.1, 0.15) is 5.60 Å². The van der Waals surface area contributed by atoms with Crippen molar-refractivity contribution >= 4 is 12.0 Å². The molecule has 1 saturated heterocycles. The maximum Gasteiger partial charge on any atom is 0.407 e. The molecule has 0 bridgehead atoms. The van der Waals surface area contributed by atoms with E-state index in [2.05, 4.69) is 5.32 Å². The van der Waals surface area contributed by atoms with Gasteiger partial charge in [-0.25, -0.2) is 4.79 Å². The van der Waals surface area contributed by atoms with E-state index in [1.54, 1.807) is 31.7 Å². The highest BCUT2D eigenvalue weighted by molar-refractivity contribution is 5.88. The number of hydrogen-bond donors (Lipinski definition) is 2. The second kappa shape index (κ2) is 8.51. The molecule has 2 N–H and O–H groups in total. The Morgan fingerprint density at radius 2 is 1.75 bits per heavy atom. The van der Waals surface area contributed by atoms with Crippen molar-refractivity contribution in [2.24, 2.45) is 0 Å². The topological polar surface area (TPSA) is 78.9 Å². The average Bonchev–Trinajstić information content (AvgIpc) is 2.49. The van der Waals surface area contributed by atoms with E-state index in [0.717, 1.165) is 18.4 Å². The Morgan fingerprint density at radius 1 is 1.21 bits per heavy atom. The highest BCUT2D eigenvalue weighted by Gasteiger charge is 2.34. The third-order valence-corrected chi connectivity index (χ3v) is 4.20. The Kier molecular flexibility index (Phi) is 7.27. The summed E-state index contributed by atoms with van der Waals surface area (Å²) < 4.78 is 5.17. The lowest BCUT2D eigenvalue weighted by Gasteiger charge is -2.38. The largest absolute Gasteiger partial charge is 0.444 e. The molecule has 1 rings (SSSR count). The fraction of sp³-hybridized carbons (Fsp3) is 0.778. The van der Waals surface area contributed by atoms with Crippen molar-refractivity contribution in [1.29, 1.82) is 0 Å². The molecule has 0 aromatic heterocycles. The molecule has 1 fully saturated rings. The van der Waals surface area contributed by atoms with E-state index in [-0.39, 0.29) is 12.5 Å². The number of hydrogen-bond acceptors (Lipinski definition) is 4. The van der Waals surface area contributed by atoms with Crippen LogP contribution in [-0.4, -0.2) is 52.8 Å². The van der Waals surface area contributed by atoms with Gasteiger partial charge in [-0.2, -0.15) is 0 Å². The number of nitrogens with one attached hydrogen (secondary N) is 1. The van der Waals surface area contributed by atoms with Gasteiger partial charge in [-0.05, 0) is 46.5 Å². The first kappa shape index (κ1) is 20.5. The number of ether oxygens (including phenoxy) is 1. The van der Waals surface area contributed by atoms with Crippen LogP contribution in [-0.2, 0) is 9.53 Å². The first-order valence-corrected chi connectivity index (χ1v) is 8.76. The molecule has 6 heteroatoms. The van der Waals surface area contributed by atoms with Crippen molar-refractivity contribution in [3.05, 3.63) is 11.6 Å². The lowest BCUT2D eigenvalue weighted by molar-refractivity contribution is -0.130. The zero-order valence-corrected chi connectivity index (χ0v) is 15.6. The fourth-order valence-corrected chi connectivity index (χ4v) is 2.59. The lowest BCUT2D eigenvalue weighted by atomic mass is 9.91. The first-order valence-electron chi connectivity index (χ1n) is 8.76. The highest BCUT2D eigenvalue weighted by atomic mass is 16.6. The Labute approximate surface area is 145 Å². The summed E-state index contributed by atoms with van der Waals surface area (Å²) >= 11 is 0. The number of alkyl carbamates (subject to hydrolysis) is 1. The van der Waals surface area contributed by atoms with Gasteiger partial charge in [-0.3, -0.25) is 4.79 Å². The van der Waals surface area contributed by atoms with E-state index in [1.807, 2.05) is 13.8 Å². The summed E-state index contributed by atoms with van der Waals surface area (Å²) in [5.74, 6) is 0.0100. The summed E-state index contributed by atoms with van der Waals surface area (Å²) in [5.41, 5.74) is -0.423. The number of aliphatic hydroxyl groups is 1. The third kappa shape index (κ3) is 6.91. The first-order chi connectivity index (χ1) is 11.1. The van der Waals surface area contributed by atoms with Gasteiger partial charge < -0.3 is 20.1 Å². The van der Waals surface area contributed by atoms with Gasteiger partial charge in [0.05, 0.1) is 5.60 Å². The van der Waals surface area contributed by atoms with Crippen LogP contribution in [0.1, 0.15) is 60.3 Å². The van der Waals surface area contributed by atoms with Crippen LogP contribution in [0.3, 0.4) is 0 Å². The number of piperidine rings is 1. The van der Waals surface area contributed by atoms with E-state index in [0.29, 0.717) is 25.9 Å². The maximum atomic E-state index is 12.2. The van der Waals surface area contributed by atoms with E-state index in [4.69, 9.17) is 4.74 Å². The van der Waals surface area contributed by atoms with Crippen LogP contribution in [0.15, 0.2) is 11.6 Å². The van der Waals surface area contributed by atoms with Crippen LogP contribution < -0.4 is 5.32 Å². The van der Waals surface area contributed by atoms with Crippen molar-refractivity contribution in [2.45, 2.75) is 71.5 Å². The van der Waals surface area contributed by atoms with Gasteiger partial charge in [0, 0.05) is 25.7 Å². The maximum absolute atomic E-state index is 12.2. The second-order valence-corrected chi connectivity index (χ2v) is 7.41. The molecule has 0 aliphatic carbocycles. The minimum atomic E-state index is -0.990. The number of allylic oxidation sites excluding steroid dienone is 1. The van der Waals surface area contributed by atoms with Crippen molar-refractivity contribution in [3.63, 3.8) is 0 Å². The molecule has 6 nitrogen and oxygen atoms in total. The molecule has 1 heterocycles. The summed E-state index contributed by atoms with van der Waals surface area (Å²) in [6.07, 6.45) is 3.81. The molecular formula is C18H32N2O4. The van der Waals surface area contributed by atoms with Gasteiger partial charge in [-0.15, -0.1) is 0 Å². The smallest absolute Gasteiger partial charge is 0.407 e. The van der Waals surface area contributed by atoms with E-state index < -0.39 is 17.3 Å². The summed E-state index contributed by atoms with van der Waals surface area (Å²) in [7, 11) is 0. The number of nitrogens with zero attached hydrogens (tertiary/aromatic N) is 1. The van der Waals surface area contributed by atoms with E-state index >= 15 is 0 Å². The van der Waals surface area contributed by atoms with Crippen LogP contribution in [0, 0.1) is 0 Å². The molecular weight excluding hydrogens is 308 g/mol. The van der Waals surface area contributed by atoms with Crippen molar-refractivity contribution in [1.82, 2.24) is 10.2 Å². The molecule has 0 saturated carbocycles. The predicted molar refractivity (Wildman–Crippen MR) is 93.7 cm³/mol. The number of rotatable bonds is 5. The van der Waals surface area contributed by atoms with Gasteiger partial charge in [0.25, 0.3) is 0 Å². The minimum absolute atomic E-state index is 0.0100. The molecule has 0 aromatic carbocycles. The van der Waals surface area contributed by atoms with Crippen molar-refractivity contribution < 1.29 is 19.4 Å². The van der Waals surface area contributed by atoms with Gasteiger partial charge >= 0.3 is 6.09 Å². The Morgan fingerprint density at radius 3 is 2.21 bits per heavy atom. The monoisotopic (exact) mass is 340 g/mol. The fourth-order valence-electron chi connectivity index (χ4n) is 2.59. The highest BCUT2D eigenvalue weighted by Crippen LogP contribution is 2.22. The molecule has 138 valence electrons. The van der Waals surface area contributed by atoms with Crippen molar-refractivity contribution in [3.8, 4) is 0 Å². The molecule has 0 unspecified atom stereocenters. The normalized spacial score (nSPS) is 17.2. The number of carbonyl (C=O) groups excluding carboxylic acids is 2. The standard InChI is InChI=1S/C18H32N2O4/c1-6-14(7-2)12-15(21)20-10-8-18(23,9-11-20)13-19-16(22)24-17(3,4)5/h12,23H,6-11,13H2,1-5H3,(H,19,22). The summed E-state index contributed by atoms with van der Waals surface area (Å²) in [4.78, 5) is 25.7. The molecule has 0 spiro atoms. The molecule has 24 heavy (non-hydrogen) atoms. The van der Waals surface area contributed by atoms with Crippen LogP contribution in [0.4, 0.5) is 4.79 Å². The van der Waals surface area contributed by atoms with Gasteiger partial charge in [0.2, 0.25) is 5.91 Å². The summed E-state index contributed by atoms with van der Waals surface area (Å²) in [6.45, 7) is 10.6. The van der Waals surface area contributed by atoms with Crippen molar-refractivity contribution in [2.75, 3.05) is 19.6 Å². The Balaban J connectivity index is 2.47. The Bertz CT molecular complexity index is 466. The molecule has 2 amide bonds. The van der Waals surface area contributed by atoms with E-state index in [1.165, 1.54) is 0 Å². The predicted octanol–water partition coefficient (Wildman–Crippen LogP) is 2.61. The van der Waals surface area contributed by atoms with Crippen LogP contribution in [0.5, 0.6) is 0 Å². The third-order valence-electron chi connectivity index (χ3n) is 4.20. The number of carbonyl (C=O) groups is 2. The van der Waals surface area contributed by atoms with E-state index in [9.17, 15) is 14.7 Å². The molecule has 0 radical (unpaired) electrons. The van der Waals surface area contributed by atoms with Gasteiger partial charge in [-0.1, -0.05) is 19.4 Å². The number of likely N-dealkylation sites (tertiary alicyclic amines) is 1. The second-order valence-electron chi connectivity index (χ2n) is 7.41. The molecule has 0 aromatic rings. The zero-order valence-electron chi connectivity index (χ0n) is 15.6. The molecule has 1 aliphatic heterocycles.